The van der Waals surface area contributed by atoms with E-state index < -0.39 is 0 Å². The molecule has 0 bridgehead atoms. The van der Waals surface area contributed by atoms with Gasteiger partial charge in [0.05, 0.1) is 22.2 Å². The maximum Gasteiger partial charge on any atom is 0.264 e. The summed E-state index contributed by atoms with van der Waals surface area (Å²) in [5.74, 6) is 0.180. The van der Waals surface area contributed by atoms with Crippen LogP contribution in [-0.4, -0.2) is 35.3 Å². The summed E-state index contributed by atoms with van der Waals surface area (Å²) in [5, 5.41) is 4.52. The summed E-state index contributed by atoms with van der Waals surface area (Å²) >= 11 is 1.42. The first-order valence-corrected chi connectivity index (χ1v) is 10.9. The van der Waals surface area contributed by atoms with Crippen LogP contribution in [0.2, 0.25) is 0 Å². The van der Waals surface area contributed by atoms with E-state index in [-0.39, 0.29) is 18.1 Å². The summed E-state index contributed by atoms with van der Waals surface area (Å²) in [6.45, 7) is 5.33. The molecule has 2 aromatic heterocycles. The average Bonchev–Trinajstić information content (AvgIpc) is 3.15. The predicted octanol–water partition coefficient (Wildman–Crippen LogP) is 3.97. The van der Waals surface area contributed by atoms with E-state index in [2.05, 4.69) is 10.3 Å². The van der Waals surface area contributed by atoms with Crippen molar-refractivity contribution in [2.75, 3.05) is 25.1 Å². The van der Waals surface area contributed by atoms with Crippen LogP contribution in [0.15, 0.2) is 53.5 Å². The van der Waals surface area contributed by atoms with Gasteiger partial charge in [0.25, 0.3) is 11.5 Å². The van der Waals surface area contributed by atoms with Gasteiger partial charge in [-0.2, -0.15) is 0 Å². The Kier molecular flexibility index (Phi) is 6.29. The fourth-order valence-electron chi connectivity index (χ4n) is 3.28. The zero-order chi connectivity index (χ0) is 21.8. The molecule has 7 nitrogen and oxygen atoms in total. The summed E-state index contributed by atoms with van der Waals surface area (Å²) in [7, 11) is 0. The first-order chi connectivity index (χ1) is 15.0. The number of nitrogens with one attached hydrogen (secondary N) is 1. The Hall–Kier alpha value is -3.23. The smallest absolute Gasteiger partial charge is 0.264 e. The highest BCUT2D eigenvalue weighted by Gasteiger charge is 2.11. The lowest BCUT2D eigenvalue weighted by atomic mass is 10.1. The number of hydrogen-bond donors (Lipinski definition) is 1. The molecule has 31 heavy (non-hydrogen) atoms. The summed E-state index contributed by atoms with van der Waals surface area (Å²) in [6, 6.07) is 13.0. The van der Waals surface area contributed by atoms with Gasteiger partial charge in [0.15, 0.2) is 11.7 Å². The zero-order valence-electron chi connectivity index (χ0n) is 17.4. The van der Waals surface area contributed by atoms with Crippen molar-refractivity contribution in [2.45, 2.75) is 20.4 Å². The van der Waals surface area contributed by atoms with Crippen molar-refractivity contribution >= 4 is 43.4 Å². The van der Waals surface area contributed by atoms with E-state index in [0.717, 1.165) is 15.8 Å². The standard InChI is InChI=1S/C23H23N3O4S/c1-3-29-12-11-26-10-9-16-17(22(26)28)5-4-6-19(16)30-14-21(27)25-23-24-18-8-7-15(2)13-20(18)31-23/h4-10,13H,3,11-12,14H2,1-2H3,(H,24,25,27). The average molecular weight is 438 g/mol. The molecule has 4 aromatic rings. The molecule has 0 saturated carbocycles. The molecule has 0 aliphatic carbocycles. The summed E-state index contributed by atoms with van der Waals surface area (Å²) in [5.41, 5.74) is 1.88. The molecule has 0 aliphatic rings. The van der Waals surface area contributed by atoms with Crippen LogP contribution < -0.4 is 15.6 Å². The molecule has 2 heterocycles. The molecule has 160 valence electrons. The third-order valence-electron chi connectivity index (χ3n) is 4.81. The summed E-state index contributed by atoms with van der Waals surface area (Å²) in [6.07, 6.45) is 1.72. The van der Waals surface area contributed by atoms with Crippen LogP contribution in [0.25, 0.3) is 21.0 Å². The molecule has 0 radical (unpaired) electrons. The number of carbonyl (C=O) groups excluding carboxylic acids is 1. The number of ether oxygens (including phenoxy) is 2. The van der Waals surface area contributed by atoms with Gasteiger partial charge in [-0.15, -0.1) is 0 Å². The number of thiazole rings is 1. The minimum atomic E-state index is -0.308. The van der Waals surface area contributed by atoms with Crippen LogP contribution in [0.4, 0.5) is 5.13 Å². The summed E-state index contributed by atoms with van der Waals surface area (Å²) < 4.78 is 13.7. The van der Waals surface area contributed by atoms with Crippen LogP contribution in [0.3, 0.4) is 0 Å². The molecule has 1 amide bonds. The third-order valence-corrected chi connectivity index (χ3v) is 5.74. The van der Waals surface area contributed by atoms with Gasteiger partial charge in [0.1, 0.15) is 5.75 Å². The largest absolute Gasteiger partial charge is 0.483 e. The van der Waals surface area contributed by atoms with Crippen LogP contribution in [0, 0.1) is 6.92 Å². The SMILES string of the molecule is CCOCCn1ccc2c(OCC(=O)Nc3nc4ccc(C)cc4s3)cccc2c1=O. The fraction of sp³-hybridized carbons (Fsp3) is 0.261. The first kappa shape index (κ1) is 21.0. The van der Waals surface area contributed by atoms with Gasteiger partial charge >= 0.3 is 0 Å². The topological polar surface area (TPSA) is 82.4 Å². The van der Waals surface area contributed by atoms with E-state index in [9.17, 15) is 9.59 Å². The Morgan fingerprint density at radius 3 is 2.90 bits per heavy atom. The van der Waals surface area contributed by atoms with Gasteiger partial charge in [-0.3, -0.25) is 14.9 Å². The van der Waals surface area contributed by atoms with E-state index in [1.165, 1.54) is 11.3 Å². The van der Waals surface area contributed by atoms with Gasteiger partial charge in [0.2, 0.25) is 0 Å². The molecule has 0 atom stereocenters. The highest BCUT2D eigenvalue weighted by Crippen LogP contribution is 2.27. The number of rotatable bonds is 8. The van der Waals surface area contributed by atoms with Crippen LogP contribution in [0.5, 0.6) is 5.75 Å². The number of aryl methyl sites for hydroxylation is 1. The Morgan fingerprint density at radius 2 is 2.06 bits per heavy atom. The molecule has 4 rings (SSSR count). The van der Waals surface area contributed by atoms with E-state index in [1.54, 1.807) is 29.0 Å². The normalized spacial score (nSPS) is 11.2. The second kappa shape index (κ2) is 9.28. The minimum Gasteiger partial charge on any atom is -0.483 e. The number of fused-ring (bicyclic) bond motifs is 2. The number of hydrogen-bond acceptors (Lipinski definition) is 6. The van der Waals surface area contributed by atoms with Crippen molar-refractivity contribution < 1.29 is 14.3 Å². The van der Waals surface area contributed by atoms with Gasteiger partial charge in [-0.05, 0) is 49.7 Å². The minimum absolute atomic E-state index is 0.114. The second-order valence-electron chi connectivity index (χ2n) is 7.06. The quantitative estimate of drug-likeness (QED) is 0.422. The Labute approximate surface area is 183 Å². The second-order valence-corrected chi connectivity index (χ2v) is 8.09. The molecule has 2 aromatic carbocycles. The number of nitrogens with zero attached hydrogens (tertiary/aromatic N) is 2. The highest BCUT2D eigenvalue weighted by molar-refractivity contribution is 7.22. The van der Waals surface area contributed by atoms with Gasteiger partial charge in [-0.25, -0.2) is 4.98 Å². The van der Waals surface area contributed by atoms with Crippen molar-refractivity contribution in [1.29, 1.82) is 0 Å². The maximum atomic E-state index is 12.7. The number of amides is 1. The Balaban J connectivity index is 1.45. The van der Waals surface area contributed by atoms with E-state index in [0.29, 0.717) is 41.4 Å². The van der Waals surface area contributed by atoms with Gasteiger partial charge < -0.3 is 14.0 Å². The van der Waals surface area contributed by atoms with Crippen molar-refractivity contribution in [3.63, 3.8) is 0 Å². The Morgan fingerprint density at radius 1 is 1.19 bits per heavy atom. The van der Waals surface area contributed by atoms with Crippen molar-refractivity contribution in [3.8, 4) is 5.75 Å². The molecule has 0 saturated heterocycles. The number of anilines is 1. The summed E-state index contributed by atoms with van der Waals surface area (Å²) in [4.78, 5) is 29.5. The molecule has 8 heteroatoms. The van der Waals surface area contributed by atoms with Crippen LogP contribution in [-0.2, 0) is 16.1 Å². The Bertz CT molecular complexity index is 1300. The molecule has 0 aliphatic heterocycles. The van der Waals surface area contributed by atoms with Crippen LogP contribution in [0.1, 0.15) is 12.5 Å². The first-order valence-electron chi connectivity index (χ1n) is 10.0. The fourth-order valence-corrected chi connectivity index (χ4v) is 4.26. The highest BCUT2D eigenvalue weighted by atomic mass is 32.1. The third kappa shape index (κ3) is 4.76. The molecule has 1 N–H and O–H groups in total. The van der Waals surface area contributed by atoms with Crippen LogP contribution >= 0.6 is 11.3 Å². The number of benzene rings is 2. The lowest BCUT2D eigenvalue weighted by Gasteiger charge is -2.11. The maximum absolute atomic E-state index is 12.7. The van der Waals surface area contributed by atoms with E-state index in [4.69, 9.17) is 9.47 Å². The van der Waals surface area contributed by atoms with Crippen molar-refractivity contribution in [3.05, 3.63) is 64.6 Å². The lowest BCUT2D eigenvalue weighted by molar-refractivity contribution is -0.118. The van der Waals surface area contributed by atoms with Crippen molar-refractivity contribution in [2.24, 2.45) is 0 Å². The monoisotopic (exact) mass is 437 g/mol. The zero-order valence-corrected chi connectivity index (χ0v) is 18.2. The lowest BCUT2D eigenvalue weighted by Crippen LogP contribution is -2.22. The number of carbonyl (C=O) groups is 1. The predicted molar refractivity (Wildman–Crippen MR) is 123 cm³/mol. The van der Waals surface area contributed by atoms with E-state index >= 15 is 0 Å². The molecule has 0 unspecified atom stereocenters. The number of aromatic nitrogens is 2. The van der Waals surface area contributed by atoms with E-state index in [1.807, 2.05) is 38.1 Å². The molecular formula is C23H23N3O4S. The number of pyridine rings is 1. The molecule has 0 fully saturated rings. The van der Waals surface area contributed by atoms with Crippen molar-refractivity contribution in [1.82, 2.24) is 9.55 Å². The van der Waals surface area contributed by atoms with Gasteiger partial charge in [0, 0.05) is 24.7 Å². The molecule has 0 spiro atoms. The molecular weight excluding hydrogens is 414 g/mol. The van der Waals surface area contributed by atoms with Gasteiger partial charge in [-0.1, -0.05) is 23.5 Å².